The number of unbranched alkanes of at least 4 members (excludes halogenated alkanes) is 1. The zero-order valence-corrected chi connectivity index (χ0v) is 11.8. The molecule has 2 nitrogen and oxygen atoms in total. The molecule has 1 aromatic rings. The second-order valence-electron chi connectivity index (χ2n) is 4.88. The second-order valence-corrected chi connectivity index (χ2v) is 4.88. The van der Waals surface area contributed by atoms with Crippen LogP contribution in [0, 0.1) is 18.3 Å². The lowest BCUT2D eigenvalue weighted by atomic mass is 10.0. The minimum absolute atomic E-state index is 0.489. The first kappa shape index (κ1) is 14.6. The van der Waals surface area contributed by atoms with Crippen molar-refractivity contribution >= 4 is 5.69 Å². The van der Waals surface area contributed by atoms with E-state index in [4.69, 9.17) is 0 Å². The molecule has 1 aromatic carbocycles. The fourth-order valence-electron chi connectivity index (χ4n) is 2.24. The van der Waals surface area contributed by atoms with Crippen LogP contribution in [0.25, 0.3) is 0 Å². The summed E-state index contributed by atoms with van der Waals surface area (Å²) in [7, 11) is 0. The highest BCUT2D eigenvalue weighted by Crippen LogP contribution is 2.23. The van der Waals surface area contributed by atoms with E-state index in [0.29, 0.717) is 6.04 Å². The SMILES string of the molecule is CCCCC(CCC)Nc1c(C)cccc1C#N. The smallest absolute Gasteiger partial charge is 0.101 e. The van der Waals surface area contributed by atoms with Crippen molar-refractivity contribution in [1.29, 1.82) is 5.26 Å². The molecule has 0 fully saturated rings. The van der Waals surface area contributed by atoms with Gasteiger partial charge in [-0.25, -0.2) is 0 Å². The van der Waals surface area contributed by atoms with Gasteiger partial charge in [0.05, 0.1) is 11.3 Å². The van der Waals surface area contributed by atoms with Crippen molar-refractivity contribution < 1.29 is 0 Å². The Hall–Kier alpha value is -1.49. The molecule has 0 aliphatic rings. The van der Waals surface area contributed by atoms with E-state index in [2.05, 4.69) is 38.2 Å². The molecule has 0 radical (unpaired) electrons. The van der Waals surface area contributed by atoms with Crippen LogP contribution in [0.4, 0.5) is 5.69 Å². The fraction of sp³-hybridized carbons (Fsp3) is 0.562. The van der Waals surface area contributed by atoms with Crippen LogP contribution in [-0.4, -0.2) is 6.04 Å². The van der Waals surface area contributed by atoms with Crippen LogP contribution in [-0.2, 0) is 0 Å². The third-order valence-electron chi connectivity index (χ3n) is 3.28. The predicted molar refractivity (Wildman–Crippen MR) is 77.7 cm³/mol. The van der Waals surface area contributed by atoms with Gasteiger partial charge < -0.3 is 5.32 Å². The number of nitrogens with zero attached hydrogens (tertiary/aromatic N) is 1. The molecule has 18 heavy (non-hydrogen) atoms. The van der Waals surface area contributed by atoms with Gasteiger partial charge in [-0.1, -0.05) is 45.2 Å². The maximum absolute atomic E-state index is 9.17. The van der Waals surface area contributed by atoms with Crippen LogP contribution in [0.1, 0.15) is 57.1 Å². The number of rotatable bonds is 7. The number of para-hydroxylation sites is 1. The molecular weight excluding hydrogens is 220 g/mol. The van der Waals surface area contributed by atoms with Crippen LogP contribution in [0.3, 0.4) is 0 Å². The Balaban J connectivity index is 2.82. The van der Waals surface area contributed by atoms with E-state index < -0.39 is 0 Å². The second kappa shape index (κ2) is 7.76. The average Bonchev–Trinajstić information content (AvgIpc) is 2.38. The third kappa shape index (κ3) is 4.07. The topological polar surface area (TPSA) is 35.8 Å². The summed E-state index contributed by atoms with van der Waals surface area (Å²) in [4.78, 5) is 0. The van der Waals surface area contributed by atoms with Crippen molar-refractivity contribution in [2.45, 2.75) is 58.9 Å². The molecule has 1 unspecified atom stereocenters. The minimum Gasteiger partial charge on any atom is -0.381 e. The highest BCUT2D eigenvalue weighted by atomic mass is 14.9. The standard InChI is InChI=1S/C16H24N2/c1-4-6-11-15(8-5-2)18-16-13(3)9-7-10-14(16)12-17/h7,9-10,15,18H,4-6,8,11H2,1-3H3. The Kier molecular flexibility index (Phi) is 6.28. The first-order chi connectivity index (χ1) is 8.72. The number of hydrogen-bond donors (Lipinski definition) is 1. The summed E-state index contributed by atoms with van der Waals surface area (Å²) in [5.41, 5.74) is 2.94. The third-order valence-corrected chi connectivity index (χ3v) is 3.28. The fourth-order valence-corrected chi connectivity index (χ4v) is 2.24. The van der Waals surface area contributed by atoms with Gasteiger partial charge in [0.1, 0.15) is 6.07 Å². The first-order valence-corrected chi connectivity index (χ1v) is 6.99. The monoisotopic (exact) mass is 244 g/mol. The lowest BCUT2D eigenvalue weighted by molar-refractivity contribution is 0.564. The molecule has 0 saturated carbocycles. The van der Waals surface area contributed by atoms with E-state index in [1.807, 2.05) is 12.1 Å². The van der Waals surface area contributed by atoms with Crippen molar-refractivity contribution in [3.8, 4) is 6.07 Å². The van der Waals surface area contributed by atoms with E-state index in [1.165, 1.54) is 32.1 Å². The maximum Gasteiger partial charge on any atom is 0.101 e. The number of aryl methyl sites for hydroxylation is 1. The number of anilines is 1. The van der Waals surface area contributed by atoms with Gasteiger partial charge in [0, 0.05) is 6.04 Å². The summed E-state index contributed by atoms with van der Waals surface area (Å²) in [5.74, 6) is 0. The molecule has 0 saturated heterocycles. The van der Waals surface area contributed by atoms with Crippen molar-refractivity contribution in [3.05, 3.63) is 29.3 Å². The number of benzene rings is 1. The Morgan fingerprint density at radius 3 is 2.61 bits per heavy atom. The van der Waals surface area contributed by atoms with Crippen molar-refractivity contribution in [2.24, 2.45) is 0 Å². The van der Waals surface area contributed by atoms with Gasteiger partial charge in [0.15, 0.2) is 0 Å². The molecule has 0 aliphatic carbocycles. The molecule has 0 heterocycles. The molecule has 0 aromatic heterocycles. The van der Waals surface area contributed by atoms with Crippen LogP contribution in [0.2, 0.25) is 0 Å². The summed E-state index contributed by atoms with van der Waals surface area (Å²) in [6.45, 7) is 6.49. The largest absolute Gasteiger partial charge is 0.381 e. The zero-order valence-electron chi connectivity index (χ0n) is 11.8. The zero-order chi connectivity index (χ0) is 13.4. The Morgan fingerprint density at radius 1 is 1.22 bits per heavy atom. The van der Waals surface area contributed by atoms with E-state index in [-0.39, 0.29) is 0 Å². The molecule has 1 N–H and O–H groups in total. The Bertz CT molecular complexity index is 404. The van der Waals surface area contributed by atoms with Gasteiger partial charge >= 0.3 is 0 Å². The van der Waals surface area contributed by atoms with Crippen molar-refractivity contribution in [3.63, 3.8) is 0 Å². The van der Waals surface area contributed by atoms with E-state index in [1.54, 1.807) is 0 Å². The average molecular weight is 244 g/mol. The first-order valence-electron chi connectivity index (χ1n) is 6.99. The summed E-state index contributed by atoms with van der Waals surface area (Å²) in [5, 5.41) is 12.8. The molecular formula is C16H24N2. The minimum atomic E-state index is 0.489. The molecule has 0 bridgehead atoms. The van der Waals surface area contributed by atoms with E-state index in [0.717, 1.165) is 16.8 Å². The summed E-state index contributed by atoms with van der Waals surface area (Å²) in [6, 6.07) is 8.66. The summed E-state index contributed by atoms with van der Waals surface area (Å²) < 4.78 is 0. The van der Waals surface area contributed by atoms with Crippen LogP contribution >= 0.6 is 0 Å². The van der Waals surface area contributed by atoms with Crippen molar-refractivity contribution in [1.82, 2.24) is 0 Å². The van der Waals surface area contributed by atoms with E-state index >= 15 is 0 Å². The molecule has 1 atom stereocenters. The lowest BCUT2D eigenvalue weighted by Crippen LogP contribution is -2.20. The van der Waals surface area contributed by atoms with Crippen LogP contribution < -0.4 is 5.32 Å². The summed E-state index contributed by atoms with van der Waals surface area (Å²) >= 11 is 0. The van der Waals surface area contributed by atoms with Gasteiger partial charge in [-0.3, -0.25) is 0 Å². The molecule has 0 spiro atoms. The van der Waals surface area contributed by atoms with Crippen LogP contribution in [0.15, 0.2) is 18.2 Å². The quantitative estimate of drug-likeness (QED) is 0.758. The highest BCUT2D eigenvalue weighted by molar-refractivity contribution is 5.62. The maximum atomic E-state index is 9.17. The van der Waals surface area contributed by atoms with Crippen LogP contribution in [0.5, 0.6) is 0 Å². The number of nitriles is 1. The summed E-state index contributed by atoms with van der Waals surface area (Å²) in [6.07, 6.45) is 5.99. The van der Waals surface area contributed by atoms with Crippen molar-refractivity contribution in [2.75, 3.05) is 5.32 Å². The van der Waals surface area contributed by atoms with E-state index in [9.17, 15) is 5.26 Å². The van der Waals surface area contributed by atoms with Gasteiger partial charge in [0.2, 0.25) is 0 Å². The van der Waals surface area contributed by atoms with Gasteiger partial charge in [-0.05, 0) is 31.4 Å². The highest BCUT2D eigenvalue weighted by Gasteiger charge is 2.11. The van der Waals surface area contributed by atoms with Gasteiger partial charge in [-0.2, -0.15) is 5.26 Å². The normalized spacial score (nSPS) is 11.9. The predicted octanol–water partition coefficient (Wildman–Crippen LogP) is 4.64. The Morgan fingerprint density at radius 2 is 2.00 bits per heavy atom. The molecule has 98 valence electrons. The van der Waals surface area contributed by atoms with Gasteiger partial charge in [-0.15, -0.1) is 0 Å². The number of nitrogens with one attached hydrogen (secondary N) is 1. The molecule has 2 heteroatoms. The number of hydrogen-bond acceptors (Lipinski definition) is 2. The molecule has 1 rings (SSSR count). The molecule has 0 aliphatic heterocycles. The Labute approximate surface area is 111 Å². The molecule has 0 amide bonds. The van der Waals surface area contributed by atoms with Gasteiger partial charge in [0.25, 0.3) is 0 Å². The lowest BCUT2D eigenvalue weighted by Gasteiger charge is -2.21.